The minimum atomic E-state index is -3.66. The van der Waals surface area contributed by atoms with Crippen LogP contribution >= 0.6 is 0 Å². The summed E-state index contributed by atoms with van der Waals surface area (Å²) in [4.78, 5) is 0.222. The number of nitrogens with one attached hydrogen (secondary N) is 3. The second-order valence-electron chi connectivity index (χ2n) is 5.30. The second-order valence-corrected chi connectivity index (χ2v) is 6.98. The molecule has 0 unspecified atom stereocenters. The third-order valence-corrected chi connectivity index (χ3v) is 4.94. The quantitative estimate of drug-likeness (QED) is 0.643. The highest BCUT2D eigenvalue weighted by Crippen LogP contribution is 2.29. The van der Waals surface area contributed by atoms with E-state index in [9.17, 15) is 8.42 Å². The normalized spacial score (nSPS) is 11.4. The molecular weight excluding hydrogens is 324 g/mol. The first-order valence-corrected chi connectivity index (χ1v) is 8.93. The van der Waals surface area contributed by atoms with Gasteiger partial charge in [-0.05, 0) is 36.9 Å². The Kier molecular flexibility index (Phi) is 4.64. The number of hydrogen-bond acceptors (Lipinski definition) is 4. The predicted molar refractivity (Wildman–Crippen MR) is 94.0 cm³/mol. The summed E-state index contributed by atoms with van der Waals surface area (Å²) in [5.74, 6) is 0. The van der Waals surface area contributed by atoms with Gasteiger partial charge < -0.3 is 5.32 Å². The molecule has 1 heterocycles. The van der Waals surface area contributed by atoms with Crippen molar-refractivity contribution in [2.24, 2.45) is 0 Å². The molecule has 0 bridgehead atoms. The van der Waals surface area contributed by atoms with Crippen molar-refractivity contribution in [1.82, 2.24) is 15.5 Å². The van der Waals surface area contributed by atoms with Crippen molar-refractivity contribution in [2.75, 3.05) is 11.8 Å². The average molecular weight is 342 g/mol. The van der Waals surface area contributed by atoms with Gasteiger partial charge in [0.25, 0.3) is 10.0 Å². The van der Waals surface area contributed by atoms with Gasteiger partial charge in [0.2, 0.25) is 0 Å². The first kappa shape index (κ1) is 16.2. The van der Waals surface area contributed by atoms with Gasteiger partial charge in [0.1, 0.15) is 0 Å². The SMILES string of the molecule is CNCc1ccc(-c2ccn[nH]2)c(NS(=O)(=O)c2ccccc2)c1. The summed E-state index contributed by atoms with van der Waals surface area (Å²) in [6.07, 6.45) is 1.63. The summed E-state index contributed by atoms with van der Waals surface area (Å²) in [6.45, 7) is 0.642. The molecule has 1 aromatic heterocycles. The van der Waals surface area contributed by atoms with E-state index < -0.39 is 10.0 Å². The Balaban J connectivity index is 2.03. The Morgan fingerprint density at radius 2 is 1.88 bits per heavy atom. The number of aromatic amines is 1. The number of nitrogens with zero attached hydrogens (tertiary/aromatic N) is 1. The van der Waals surface area contributed by atoms with Crippen molar-refractivity contribution < 1.29 is 8.42 Å². The van der Waals surface area contributed by atoms with Gasteiger partial charge in [0.05, 0.1) is 16.3 Å². The molecule has 124 valence electrons. The van der Waals surface area contributed by atoms with Crippen LogP contribution in [0.3, 0.4) is 0 Å². The maximum Gasteiger partial charge on any atom is 0.261 e. The van der Waals surface area contributed by atoms with E-state index >= 15 is 0 Å². The highest BCUT2D eigenvalue weighted by molar-refractivity contribution is 7.92. The monoisotopic (exact) mass is 342 g/mol. The predicted octanol–water partition coefficient (Wildman–Crippen LogP) is 2.60. The van der Waals surface area contributed by atoms with E-state index in [2.05, 4.69) is 20.2 Å². The number of sulfonamides is 1. The number of H-pyrrole nitrogens is 1. The van der Waals surface area contributed by atoms with Gasteiger partial charge in [-0.2, -0.15) is 5.10 Å². The Bertz CT molecular complexity index is 907. The summed E-state index contributed by atoms with van der Waals surface area (Å²) in [7, 11) is -1.82. The van der Waals surface area contributed by atoms with Crippen LogP contribution in [0.5, 0.6) is 0 Å². The summed E-state index contributed by atoms with van der Waals surface area (Å²) in [5.41, 5.74) is 2.98. The van der Waals surface area contributed by atoms with Crippen LogP contribution < -0.4 is 10.0 Å². The van der Waals surface area contributed by atoms with E-state index in [1.807, 2.05) is 25.2 Å². The first-order chi connectivity index (χ1) is 11.6. The van der Waals surface area contributed by atoms with Crippen molar-refractivity contribution in [1.29, 1.82) is 0 Å². The Hall–Kier alpha value is -2.64. The molecule has 0 radical (unpaired) electrons. The van der Waals surface area contributed by atoms with Gasteiger partial charge in [-0.15, -0.1) is 0 Å². The van der Waals surface area contributed by atoms with Crippen LogP contribution in [0, 0.1) is 0 Å². The molecule has 6 nitrogen and oxygen atoms in total. The van der Waals surface area contributed by atoms with Crippen LogP contribution in [0.15, 0.2) is 65.7 Å². The molecular formula is C17H18N4O2S. The zero-order chi connectivity index (χ0) is 17.0. The molecule has 0 aliphatic carbocycles. The summed E-state index contributed by atoms with van der Waals surface area (Å²) in [5, 5.41) is 9.87. The molecule has 3 aromatic rings. The van der Waals surface area contributed by atoms with E-state index in [4.69, 9.17) is 0 Å². The highest BCUT2D eigenvalue weighted by Gasteiger charge is 2.17. The fourth-order valence-corrected chi connectivity index (χ4v) is 3.53. The van der Waals surface area contributed by atoms with Gasteiger partial charge in [-0.3, -0.25) is 9.82 Å². The number of rotatable bonds is 6. The van der Waals surface area contributed by atoms with E-state index in [-0.39, 0.29) is 4.90 Å². The average Bonchev–Trinajstić information content (AvgIpc) is 3.10. The Morgan fingerprint density at radius 1 is 1.08 bits per heavy atom. The minimum Gasteiger partial charge on any atom is -0.316 e. The van der Waals surface area contributed by atoms with Gasteiger partial charge in [-0.1, -0.05) is 30.3 Å². The second kappa shape index (κ2) is 6.86. The van der Waals surface area contributed by atoms with Crippen molar-refractivity contribution in [3.63, 3.8) is 0 Å². The third kappa shape index (κ3) is 3.47. The zero-order valence-corrected chi connectivity index (χ0v) is 14.0. The molecule has 0 amide bonds. The van der Waals surface area contributed by atoms with Crippen molar-refractivity contribution in [2.45, 2.75) is 11.4 Å². The zero-order valence-electron chi connectivity index (χ0n) is 13.2. The fraction of sp³-hybridized carbons (Fsp3) is 0.118. The van der Waals surface area contributed by atoms with Crippen LogP contribution in [0.25, 0.3) is 11.3 Å². The molecule has 0 atom stereocenters. The molecule has 2 aromatic carbocycles. The molecule has 3 N–H and O–H groups in total. The van der Waals surface area contributed by atoms with Crippen molar-refractivity contribution in [3.05, 3.63) is 66.4 Å². The molecule has 0 aliphatic heterocycles. The first-order valence-electron chi connectivity index (χ1n) is 7.45. The smallest absolute Gasteiger partial charge is 0.261 e. The standard InChI is InChI=1S/C17H18N4O2S/c1-18-12-13-7-8-15(16-9-10-19-20-16)17(11-13)21-24(22,23)14-5-3-2-4-6-14/h2-11,18,21H,12H2,1H3,(H,19,20). The Labute approximate surface area is 141 Å². The maximum atomic E-state index is 12.6. The molecule has 0 fully saturated rings. The van der Waals surface area contributed by atoms with Crippen LogP contribution in [0.2, 0.25) is 0 Å². The maximum absolute atomic E-state index is 12.6. The molecule has 3 rings (SSSR count). The van der Waals surface area contributed by atoms with E-state index in [0.29, 0.717) is 12.2 Å². The van der Waals surface area contributed by atoms with Gasteiger partial charge >= 0.3 is 0 Å². The van der Waals surface area contributed by atoms with Crippen LogP contribution in [0.1, 0.15) is 5.56 Å². The number of anilines is 1. The number of benzene rings is 2. The molecule has 0 aliphatic rings. The largest absolute Gasteiger partial charge is 0.316 e. The van der Waals surface area contributed by atoms with E-state index in [1.54, 1.807) is 42.6 Å². The lowest BCUT2D eigenvalue weighted by Crippen LogP contribution is -2.14. The van der Waals surface area contributed by atoms with Crippen LogP contribution in [0.4, 0.5) is 5.69 Å². The van der Waals surface area contributed by atoms with E-state index in [0.717, 1.165) is 16.8 Å². The van der Waals surface area contributed by atoms with Crippen molar-refractivity contribution in [3.8, 4) is 11.3 Å². The number of hydrogen-bond donors (Lipinski definition) is 3. The fourth-order valence-electron chi connectivity index (χ4n) is 2.43. The molecule has 0 spiro atoms. The molecule has 0 saturated carbocycles. The summed E-state index contributed by atoms with van der Waals surface area (Å²) in [6, 6.07) is 15.8. The van der Waals surface area contributed by atoms with Crippen LogP contribution in [-0.2, 0) is 16.6 Å². The lowest BCUT2D eigenvalue weighted by atomic mass is 10.1. The van der Waals surface area contributed by atoms with Crippen molar-refractivity contribution >= 4 is 15.7 Å². The van der Waals surface area contributed by atoms with Gasteiger partial charge in [0, 0.05) is 18.3 Å². The summed E-state index contributed by atoms with van der Waals surface area (Å²) < 4.78 is 28.0. The lowest BCUT2D eigenvalue weighted by molar-refractivity contribution is 0.601. The molecule has 0 saturated heterocycles. The third-order valence-electron chi connectivity index (χ3n) is 3.55. The Morgan fingerprint density at radius 3 is 2.54 bits per heavy atom. The summed E-state index contributed by atoms with van der Waals surface area (Å²) >= 11 is 0. The van der Waals surface area contributed by atoms with Gasteiger partial charge in [0.15, 0.2) is 0 Å². The molecule has 7 heteroatoms. The topological polar surface area (TPSA) is 86.9 Å². The number of aromatic nitrogens is 2. The highest BCUT2D eigenvalue weighted by atomic mass is 32.2. The minimum absolute atomic E-state index is 0.222. The van der Waals surface area contributed by atoms with Crippen LogP contribution in [-0.4, -0.2) is 25.7 Å². The molecule has 24 heavy (non-hydrogen) atoms. The lowest BCUT2D eigenvalue weighted by Gasteiger charge is -2.14. The van der Waals surface area contributed by atoms with E-state index in [1.165, 1.54) is 0 Å². The van der Waals surface area contributed by atoms with Gasteiger partial charge in [-0.25, -0.2) is 8.42 Å².